The number of hydrogen-bond acceptors (Lipinski definition) is 5. The second-order valence-electron chi connectivity index (χ2n) is 5.77. The maximum atomic E-state index is 12.5. The van der Waals surface area contributed by atoms with E-state index in [9.17, 15) is 14.4 Å². The van der Waals surface area contributed by atoms with E-state index in [-0.39, 0.29) is 24.8 Å². The zero-order valence-electron chi connectivity index (χ0n) is 15.4. The number of hydrogen-bond donors (Lipinski definition) is 3. The Morgan fingerprint density at radius 1 is 0.964 bits per heavy atom. The van der Waals surface area contributed by atoms with Crippen LogP contribution in [0.15, 0.2) is 48.5 Å². The maximum absolute atomic E-state index is 12.5. The van der Waals surface area contributed by atoms with Gasteiger partial charge in [0, 0.05) is 24.9 Å². The fourth-order valence-electron chi connectivity index (χ4n) is 2.30. The van der Waals surface area contributed by atoms with Crippen molar-refractivity contribution in [3.05, 3.63) is 59.7 Å². The molecule has 28 heavy (non-hydrogen) atoms. The van der Waals surface area contributed by atoms with Crippen LogP contribution in [0.3, 0.4) is 0 Å². The number of nitrogens with one attached hydrogen (secondary N) is 2. The van der Waals surface area contributed by atoms with E-state index in [0.29, 0.717) is 35.8 Å². The van der Waals surface area contributed by atoms with Crippen molar-refractivity contribution >= 4 is 23.5 Å². The molecule has 0 heterocycles. The number of carboxylic acid groups (broad SMARTS) is 1. The van der Waals surface area contributed by atoms with Gasteiger partial charge in [0.15, 0.2) is 0 Å². The van der Waals surface area contributed by atoms with Gasteiger partial charge in [0.2, 0.25) is 0 Å². The molecule has 0 saturated heterocycles. The van der Waals surface area contributed by atoms with E-state index < -0.39 is 5.97 Å². The van der Waals surface area contributed by atoms with Gasteiger partial charge in [0.25, 0.3) is 11.8 Å². The van der Waals surface area contributed by atoms with Crippen LogP contribution in [0.5, 0.6) is 5.75 Å². The van der Waals surface area contributed by atoms with E-state index in [1.807, 2.05) is 0 Å². The molecular weight excluding hydrogens is 364 g/mol. The third kappa shape index (κ3) is 6.40. The SMILES string of the molecule is COCCOc1ccccc1C(=O)Nc1ccc(C(=O)NCCC(=O)O)cc1. The Morgan fingerprint density at radius 3 is 2.36 bits per heavy atom. The van der Waals surface area contributed by atoms with Gasteiger partial charge in [-0.25, -0.2) is 0 Å². The molecule has 2 rings (SSSR count). The number of rotatable bonds is 10. The van der Waals surface area contributed by atoms with E-state index in [1.165, 1.54) is 0 Å². The van der Waals surface area contributed by atoms with Crippen LogP contribution in [0, 0.1) is 0 Å². The first kappa shape index (κ1) is 20.9. The van der Waals surface area contributed by atoms with Crippen molar-refractivity contribution in [1.82, 2.24) is 5.32 Å². The average Bonchev–Trinajstić information content (AvgIpc) is 2.68. The van der Waals surface area contributed by atoms with Gasteiger partial charge < -0.3 is 25.2 Å². The van der Waals surface area contributed by atoms with Crippen LogP contribution < -0.4 is 15.4 Å². The third-order valence-corrected chi connectivity index (χ3v) is 3.71. The summed E-state index contributed by atoms with van der Waals surface area (Å²) in [4.78, 5) is 34.9. The third-order valence-electron chi connectivity index (χ3n) is 3.71. The molecule has 0 spiro atoms. The Labute approximate surface area is 162 Å². The Bertz CT molecular complexity index is 820. The Balaban J connectivity index is 1.97. The van der Waals surface area contributed by atoms with Gasteiger partial charge in [0.05, 0.1) is 18.6 Å². The van der Waals surface area contributed by atoms with E-state index in [2.05, 4.69) is 10.6 Å². The van der Waals surface area contributed by atoms with Crippen LogP contribution in [0.1, 0.15) is 27.1 Å². The quantitative estimate of drug-likeness (QED) is 0.539. The normalized spacial score (nSPS) is 10.2. The number of carbonyl (C=O) groups is 3. The van der Waals surface area contributed by atoms with Crippen LogP contribution in [-0.4, -0.2) is 49.8 Å². The molecule has 0 aliphatic heterocycles. The number of methoxy groups -OCH3 is 1. The van der Waals surface area contributed by atoms with Gasteiger partial charge in [-0.05, 0) is 36.4 Å². The van der Waals surface area contributed by atoms with Gasteiger partial charge in [-0.3, -0.25) is 14.4 Å². The Hall–Kier alpha value is -3.39. The zero-order chi connectivity index (χ0) is 20.4. The second kappa shape index (κ2) is 10.7. The smallest absolute Gasteiger partial charge is 0.305 e. The summed E-state index contributed by atoms with van der Waals surface area (Å²) in [5.41, 5.74) is 1.26. The molecule has 8 nitrogen and oxygen atoms in total. The summed E-state index contributed by atoms with van der Waals surface area (Å²) in [6.45, 7) is 0.783. The van der Waals surface area contributed by atoms with Gasteiger partial charge in [-0.15, -0.1) is 0 Å². The van der Waals surface area contributed by atoms with Gasteiger partial charge >= 0.3 is 5.97 Å². The number of carbonyl (C=O) groups excluding carboxylic acids is 2. The fraction of sp³-hybridized carbons (Fsp3) is 0.250. The van der Waals surface area contributed by atoms with Crippen LogP contribution in [0.25, 0.3) is 0 Å². The highest BCUT2D eigenvalue weighted by Gasteiger charge is 2.13. The average molecular weight is 386 g/mol. The summed E-state index contributed by atoms with van der Waals surface area (Å²) in [7, 11) is 1.57. The number of benzene rings is 2. The predicted octanol–water partition coefficient (Wildman–Crippen LogP) is 2.17. The summed E-state index contributed by atoms with van der Waals surface area (Å²) in [6.07, 6.45) is -0.147. The molecule has 0 fully saturated rings. The summed E-state index contributed by atoms with van der Waals surface area (Å²) in [5, 5.41) is 13.9. The van der Waals surface area contributed by atoms with Crippen molar-refractivity contribution in [1.29, 1.82) is 0 Å². The molecule has 0 aliphatic carbocycles. The van der Waals surface area contributed by atoms with Crippen LogP contribution in [-0.2, 0) is 9.53 Å². The van der Waals surface area contributed by atoms with Crippen molar-refractivity contribution < 1.29 is 29.0 Å². The second-order valence-corrected chi connectivity index (χ2v) is 5.77. The zero-order valence-corrected chi connectivity index (χ0v) is 15.4. The van der Waals surface area contributed by atoms with Crippen molar-refractivity contribution in [3.8, 4) is 5.75 Å². The molecule has 0 bridgehead atoms. The standard InChI is InChI=1S/C20H22N2O6/c1-27-12-13-28-17-5-3-2-4-16(17)20(26)22-15-8-6-14(7-9-15)19(25)21-11-10-18(23)24/h2-9H,10-13H2,1H3,(H,21,25)(H,22,26)(H,23,24). The highest BCUT2D eigenvalue weighted by atomic mass is 16.5. The van der Waals surface area contributed by atoms with E-state index in [4.69, 9.17) is 14.6 Å². The number of aliphatic carboxylic acids is 1. The number of carboxylic acids is 1. The Kier molecular flexibility index (Phi) is 7.98. The van der Waals surface area contributed by atoms with E-state index in [0.717, 1.165) is 0 Å². The summed E-state index contributed by atoms with van der Waals surface area (Å²) < 4.78 is 10.5. The van der Waals surface area contributed by atoms with Crippen molar-refractivity contribution in [2.75, 3.05) is 32.2 Å². The molecule has 3 N–H and O–H groups in total. The highest BCUT2D eigenvalue weighted by Crippen LogP contribution is 2.20. The molecule has 0 atom stereocenters. The number of ether oxygens (including phenoxy) is 2. The lowest BCUT2D eigenvalue weighted by Gasteiger charge is -2.12. The van der Waals surface area contributed by atoms with Crippen molar-refractivity contribution in [2.45, 2.75) is 6.42 Å². The summed E-state index contributed by atoms with van der Waals surface area (Å²) >= 11 is 0. The molecule has 2 aromatic rings. The summed E-state index contributed by atoms with van der Waals surface area (Å²) in [5.74, 6) is -1.25. The largest absolute Gasteiger partial charge is 0.490 e. The maximum Gasteiger partial charge on any atom is 0.305 e. The number of para-hydroxylation sites is 1. The first-order chi connectivity index (χ1) is 13.5. The molecule has 148 valence electrons. The molecule has 0 radical (unpaired) electrons. The molecule has 2 aromatic carbocycles. The predicted molar refractivity (Wildman–Crippen MR) is 103 cm³/mol. The number of amides is 2. The summed E-state index contributed by atoms with van der Waals surface area (Å²) in [6, 6.07) is 13.2. The topological polar surface area (TPSA) is 114 Å². The van der Waals surface area contributed by atoms with Crippen LogP contribution in [0.2, 0.25) is 0 Å². The highest BCUT2D eigenvalue weighted by molar-refractivity contribution is 6.06. The van der Waals surface area contributed by atoms with Crippen LogP contribution in [0.4, 0.5) is 5.69 Å². The molecule has 0 aromatic heterocycles. The lowest BCUT2D eigenvalue weighted by atomic mass is 10.1. The molecular formula is C20H22N2O6. The molecule has 2 amide bonds. The van der Waals surface area contributed by atoms with E-state index in [1.54, 1.807) is 55.6 Å². The molecule has 0 saturated carbocycles. The first-order valence-electron chi connectivity index (χ1n) is 8.63. The van der Waals surface area contributed by atoms with Gasteiger partial charge in [-0.2, -0.15) is 0 Å². The van der Waals surface area contributed by atoms with E-state index >= 15 is 0 Å². The van der Waals surface area contributed by atoms with Gasteiger partial charge in [0.1, 0.15) is 12.4 Å². The Morgan fingerprint density at radius 2 is 1.68 bits per heavy atom. The minimum atomic E-state index is -0.982. The molecule has 0 aliphatic rings. The first-order valence-corrected chi connectivity index (χ1v) is 8.63. The molecule has 8 heteroatoms. The van der Waals surface area contributed by atoms with Gasteiger partial charge in [-0.1, -0.05) is 12.1 Å². The minimum absolute atomic E-state index is 0.0481. The lowest BCUT2D eigenvalue weighted by Crippen LogP contribution is -2.25. The van der Waals surface area contributed by atoms with Crippen molar-refractivity contribution in [3.63, 3.8) is 0 Å². The fourth-order valence-corrected chi connectivity index (χ4v) is 2.30. The number of anilines is 1. The minimum Gasteiger partial charge on any atom is -0.490 e. The lowest BCUT2D eigenvalue weighted by molar-refractivity contribution is -0.136. The van der Waals surface area contributed by atoms with Crippen LogP contribution >= 0.6 is 0 Å². The van der Waals surface area contributed by atoms with Crippen molar-refractivity contribution in [2.24, 2.45) is 0 Å². The monoisotopic (exact) mass is 386 g/mol. The molecule has 0 unspecified atom stereocenters.